The van der Waals surface area contributed by atoms with Crippen molar-refractivity contribution in [2.45, 2.75) is 45.6 Å². The number of nitrogens with zero attached hydrogens (tertiary/aromatic N) is 1. The van der Waals surface area contributed by atoms with Gasteiger partial charge in [0.15, 0.2) is 0 Å². The molecule has 0 bridgehead atoms. The molecule has 1 amide bonds. The summed E-state index contributed by atoms with van der Waals surface area (Å²) < 4.78 is 0. The Bertz CT molecular complexity index is 427. The van der Waals surface area contributed by atoms with Crippen molar-refractivity contribution < 1.29 is 4.79 Å². The lowest BCUT2D eigenvalue weighted by Crippen LogP contribution is -2.36. The molecule has 118 valence electrons. The zero-order chi connectivity index (χ0) is 14.4. The Morgan fingerprint density at radius 3 is 2.43 bits per heavy atom. The first-order chi connectivity index (χ1) is 9.70. The number of benzene rings is 1. The highest BCUT2D eigenvalue weighted by Crippen LogP contribution is 2.24. The van der Waals surface area contributed by atoms with Crippen LogP contribution >= 0.6 is 12.4 Å². The standard InChI is InChI=1S/C17H26N2O.ClH/c1-3-6-17(20)18-13-16(19-11-4-5-12-19)15-9-7-14(2)8-10-15;/h7-10,16H,3-6,11-13H2,1-2H3,(H,18,20);1H. The van der Waals surface area contributed by atoms with Crippen molar-refractivity contribution in [3.63, 3.8) is 0 Å². The third kappa shape index (κ3) is 5.33. The average molecular weight is 311 g/mol. The van der Waals surface area contributed by atoms with Crippen LogP contribution in [0.2, 0.25) is 0 Å². The van der Waals surface area contributed by atoms with Crippen molar-refractivity contribution in [1.29, 1.82) is 0 Å². The smallest absolute Gasteiger partial charge is 0.220 e. The molecule has 1 atom stereocenters. The number of amides is 1. The van der Waals surface area contributed by atoms with Gasteiger partial charge < -0.3 is 5.32 Å². The Labute approximate surface area is 134 Å². The summed E-state index contributed by atoms with van der Waals surface area (Å²) in [5.41, 5.74) is 2.60. The molecule has 1 unspecified atom stereocenters. The number of likely N-dealkylation sites (tertiary alicyclic amines) is 1. The molecular weight excluding hydrogens is 284 g/mol. The normalized spacial score (nSPS) is 16.3. The summed E-state index contributed by atoms with van der Waals surface area (Å²) in [6, 6.07) is 9.03. The Balaban J connectivity index is 0.00000220. The molecule has 3 nitrogen and oxygen atoms in total. The van der Waals surface area contributed by atoms with Crippen molar-refractivity contribution in [1.82, 2.24) is 10.2 Å². The van der Waals surface area contributed by atoms with E-state index in [0.717, 1.165) is 26.1 Å². The van der Waals surface area contributed by atoms with Crippen LogP contribution in [0.25, 0.3) is 0 Å². The van der Waals surface area contributed by atoms with Gasteiger partial charge in [-0.2, -0.15) is 0 Å². The molecule has 0 radical (unpaired) electrons. The highest BCUT2D eigenvalue weighted by Gasteiger charge is 2.23. The van der Waals surface area contributed by atoms with E-state index in [2.05, 4.69) is 41.4 Å². The van der Waals surface area contributed by atoms with Gasteiger partial charge in [0.25, 0.3) is 0 Å². The maximum atomic E-state index is 11.7. The molecular formula is C17H27ClN2O. The molecule has 0 aliphatic carbocycles. The Morgan fingerprint density at radius 2 is 1.86 bits per heavy atom. The van der Waals surface area contributed by atoms with Crippen molar-refractivity contribution in [3.05, 3.63) is 35.4 Å². The molecule has 0 aromatic heterocycles. The highest BCUT2D eigenvalue weighted by molar-refractivity contribution is 5.85. The van der Waals surface area contributed by atoms with Crippen LogP contribution in [0.1, 0.15) is 49.8 Å². The number of nitrogens with one attached hydrogen (secondary N) is 1. The first kappa shape index (κ1) is 18.0. The van der Waals surface area contributed by atoms with Gasteiger partial charge in [-0.1, -0.05) is 36.8 Å². The number of hydrogen-bond donors (Lipinski definition) is 1. The van der Waals surface area contributed by atoms with Crippen LogP contribution in [-0.4, -0.2) is 30.4 Å². The fourth-order valence-electron chi connectivity index (χ4n) is 2.83. The van der Waals surface area contributed by atoms with Gasteiger partial charge in [0.2, 0.25) is 5.91 Å². The largest absolute Gasteiger partial charge is 0.354 e. The quantitative estimate of drug-likeness (QED) is 0.872. The third-order valence-electron chi connectivity index (χ3n) is 4.01. The molecule has 0 spiro atoms. The monoisotopic (exact) mass is 310 g/mol. The number of halogens is 1. The molecule has 1 aliphatic heterocycles. The second-order valence-corrected chi connectivity index (χ2v) is 5.72. The van der Waals surface area contributed by atoms with Gasteiger partial charge in [0.1, 0.15) is 0 Å². The molecule has 1 aliphatic rings. The van der Waals surface area contributed by atoms with Crippen molar-refractivity contribution in [3.8, 4) is 0 Å². The van der Waals surface area contributed by atoms with E-state index < -0.39 is 0 Å². The number of rotatable bonds is 6. The maximum Gasteiger partial charge on any atom is 0.220 e. The van der Waals surface area contributed by atoms with Crippen LogP contribution in [-0.2, 0) is 4.79 Å². The van der Waals surface area contributed by atoms with Crippen LogP contribution in [0.3, 0.4) is 0 Å². The summed E-state index contributed by atoms with van der Waals surface area (Å²) in [5, 5.41) is 3.09. The van der Waals surface area contributed by atoms with E-state index >= 15 is 0 Å². The Morgan fingerprint density at radius 1 is 1.24 bits per heavy atom. The molecule has 1 aromatic carbocycles. The summed E-state index contributed by atoms with van der Waals surface area (Å²) in [4.78, 5) is 14.2. The first-order valence-corrected chi connectivity index (χ1v) is 7.78. The average Bonchev–Trinajstić information content (AvgIpc) is 2.95. The van der Waals surface area contributed by atoms with Crippen LogP contribution in [0.4, 0.5) is 0 Å². The van der Waals surface area contributed by atoms with E-state index in [1.54, 1.807) is 0 Å². The predicted molar refractivity (Wildman–Crippen MR) is 89.9 cm³/mol. The number of carbonyl (C=O) groups excluding carboxylic acids is 1. The van der Waals surface area contributed by atoms with E-state index in [4.69, 9.17) is 0 Å². The SMILES string of the molecule is CCCC(=O)NCC(c1ccc(C)cc1)N1CCCC1.Cl. The van der Waals surface area contributed by atoms with Crippen LogP contribution < -0.4 is 5.32 Å². The van der Waals surface area contributed by atoms with Gasteiger partial charge in [-0.25, -0.2) is 0 Å². The van der Waals surface area contributed by atoms with E-state index in [1.165, 1.54) is 24.0 Å². The zero-order valence-corrected chi connectivity index (χ0v) is 13.9. The van der Waals surface area contributed by atoms with Gasteiger partial charge in [0, 0.05) is 13.0 Å². The van der Waals surface area contributed by atoms with E-state index in [9.17, 15) is 4.79 Å². The molecule has 2 rings (SSSR count). The van der Waals surface area contributed by atoms with Gasteiger partial charge in [0.05, 0.1) is 6.04 Å². The molecule has 1 heterocycles. The maximum absolute atomic E-state index is 11.7. The minimum Gasteiger partial charge on any atom is -0.354 e. The summed E-state index contributed by atoms with van der Waals surface area (Å²) in [6.07, 6.45) is 4.07. The number of aryl methyl sites for hydroxylation is 1. The Kier molecular flexibility index (Phi) is 7.76. The van der Waals surface area contributed by atoms with E-state index in [1.807, 2.05) is 6.92 Å². The van der Waals surface area contributed by atoms with Crippen molar-refractivity contribution >= 4 is 18.3 Å². The molecule has 21 heavy (non-hydrogen) atoms. The van der Waals surface area contributed by atoms with Crippen LogP contribution in [0, 0.1) is 6.92 Å². The van der Waals surface area contributed by atoms with Crippen molar-refractivity contribution in [2.75, 3.05) is 19.6 Å². The first-order valence-electron chi connectivity index (χ1n) is 7.78. The number of carbonyl (C=O) groups is 1. The van der Waals surface area contributed by atoms with Gasteiger partial charge in [-0.3, -0.25) is 9.69 Å². The second kappa shape index (κ2) is 9.06. The molecule has 1 N–H and O–H groups in total. The fourth-order valence-corrected chi connectivity index (χ4v) is 2.83. The second-order valence-electron chi connectivity index (χ2n) is 5.72. The third-order valence-corrected chi connectivity index (χ3v) is 4.01. The topological polar surface area (TPSA) is 32.3 Å². The number of hydrogen-bond acceptors (Lipinski definition) is 2. The summed E-state index contributed by atoms with van der Waals surface area (Å²) in [7, 11) is 0. The lowest BCUT2D eigenvalue weighted by molar-refractivity contribution is -0.121. The van der Waals surface area contributed by atoms with Crippen LogP contribution in [0.15, 0.2) is 24.3 Å². The minimum atomic E-state index is 0. The lowest BCUT2D eigenvalue weighted by atomic mass is 10.0. The molecule has 0 saturated carbocycles. The summed E-state index contributed by atoms with van der Waals surface area (Å²) in [5.74, 6) is 0.170. The Hall–Kier alpha value is -1.06. The molecule has 1 fully saturated rings. The van der Waals surface area contributed by atoms with Crippen LogP contribution in [0.5, 0.6) is 0 Å². The van der Waals surface area contributed by atoms with Gasteiger partial charge in [-0.05, 0) is 44.8 Å². The summed E-state index contributed by atoms with van der Waals surface area (Å²) >= 11 is 0. The van der Waals surface area contributed by atoms with E-state index in [-0.39, 0.29) is 18.3 Å². The minimum absolute atomic E-state index is 0. The van der Waals surface area contributed by atoms with Gasteiger partial charge >= 0.3 is 0 Å². The zero-order valence-electron chi connectivity index (χ0n) is 13.1. The predicted octanol–water partition coefficient (Wildman–Crippen LogP) is 3.47. The summed E-state index contributed by atoms with van der Waals surface area (Å²) in [6.45, 7) is 7.15. The van der Waals surface area contributed by atoms with Gasteiger partial charge in [-0.15, -0.1) is 12.4 Å². The molecule has 4 heteroatoms. The van der Waals surface area contributed by atoms with Crippen molar-refractivity contribution in [2.24, 2.45) is 0 Å². The highest BCUT2D eigenvalue weighted by atomic mass is 35.5. The lowest BCUT2D eigenvalue weighted by Gasteiger charge is -2.28. The fraction of sp³-hybridized carbons (Fsp3) is 0.588. The van der Waals surface area contributed by atoms with E-state index in [0.29, 0.717) is 12.5 Å². The molecule has 1 aromatic rings. The molecule has 1 saturated heterocycles.